The maximum atomic E-state index is 13.7. The van der Waals surface area contributed by atoms with Crippen molar-refractivity contribution in [2.24, 2.45) is 5.92 Å². The maximum absolute atomic E-state index is 13.7. The summed E-state index contributed by atoms with van der Waals surface area (Å²) in [7, 11) is 0. The summed E-state index contributed by atoms with van der Waals surface area (Å²) in [4.78, 5) is 28.6. The molecule has 1 saturated heterocycles. The number of benzene rings is 3. The van der Waals surface area contributed by atoms with E-state index in [4.69, 9.17) is 14.2 Å². The van der Waals surface area contributed by atoms with E-state index in [1.165, 1.54) is 28.8 Å². The molecule has 1 fully saturated rings. The van der Waals surface area contributed by atoms with Crippen molar-refractivity contribution in [1.29, 1.82) is 0 Å². The van der Waals surface area contributed by atoms with Gasteiger partial charge in [-0.3, -0.25) is 14.5 Å². The molecule has 0 saturated carbocycles. The van der Waals surface area contributed by atoms with Gasteiger partial charge in [0.1, 0.15) is 30.5 Å². The second-order valence-corrected chi connectivity index (χ2v) is 13.1. The second kappa shape index (κ2) is 13.3. The van der Waals surface area contributed by atoms with Crippen LogP contribution in [0.4, 0.5) is 9.52 Å². The van der Waals surface area contributed by atoms with Crippen LogP contribution in [0.5, 0.6) is 17.2 Å². The molecule has 2 aliphatic heterocycles. The number of aliphatic hydroxyl groups excluding tert-OH is 1. The Balaban J connectivity index is 1.37. The number of fused-ring (bicyclic) bond motifs is 1. The molecule has 2 aliphatic rings. The molecule has 1 N–H and O–H groups in total. The summed E-state index contributed by atoms with van der Waals surface area (Å²) < 4.78 is 31.2. The number of aliphatic hydroxyl groups is 1. The van der Waals surface area contributed by atoms with Crippen molar-refractivity contribution in [1.82, 2.24) is 10.2 Å². The molecule has 6 rings (SSSR count). The predicted octanol–water partition coefficient (Wildman–Crippen LogP) is 6.79. The molecule has 3 heterocycles. The van der Waals surface area contributed by atoms with Crippen molar-refractivity contribution >= 4 is 45.7 Å². The molecular weight excluding hydrogens is 618 g/mol. The van der Waals surface area contributed by atoms with E-state index in [0.29, 0.717) is 64.2 Å². The highest BCUT2D eigenvalue weighted by atomic mass is 32.2. The highest BCUT2D eigenvalue weighted by molar-refractivity contribution is 8.00. The van der Waals surface area contributed by atoms with Gasteiger partial charge in [0.2, 0.25) is 5.13 Å². The Hall–Kier alpha value is -4.42. The van der Waals surface area contributed by atoms with Gasteiger partial charge in [0.05, 0.1) is 18.2 Å². The van der Waals surface area contributed by atoms with Crippen molar-refractivity contribution < 1.29 is 33.3 Å². The van der Waals surface area contributed by atoms with Gasteiger partial charge in [-0.2, -0.15) is 0 Å². The molecule has 4 aromatic rings. The van der Waals surface area contributed by atoms with Gasteiger partial charge in [0.25, 0.3) is 5.78 Å². The van der Waals surface area contributed by atoms with Crippen LogP contribution < -0.4 is 19.1 Å². The number of aromatic nitrogens is 2. The smallest absolute Gasteiger partial charge is 0.301 e. The van der Waals surface area contributed by atoms with Gasteiger partial charge >= 0.3 is 5.91 Å². The molecule has 0 spiro atoms. The summed E-state index contributed by atoms with van der Waals surface area (Å²) >= 11 is 2.54. The third-order valence-electron chi connectivity index (χ3n) is 7.28. The fourth-order valence-corrected chi connectivity index (χ4v) is 6.79. The van der Waals surface area contributed by atoms with E-state index in [2.05, 4.69) is 24.0 Å². The number of hydrogen-bond acceptors (Lipinski definition) is 10. The summed E-state index contributed by atoms with van der Waals surface area (Å²) in [6.45, 7) is 5.48. The van der Waals surface area contributed by atoms with Crippen molar-refractivity contribution in [3.63, 3.8) is 0 Å². The lowest BCUT2D eigenvalue weighted by Crippen LogP contribution is -2.29. The lowest BCUT2D eigenvalue weighted by atomic mass is 9.95. The number of anilines is 1. The molecule has 0 aliphatic carbocycles. The Labute approximate surface area is 267 Å². The average molecular weight is 648 g/mol. The van der Waals surface area contributed by atoms with Gasteiger partial charge in [-0.1, -0.05) is 61.2 Å². The molecule has 12 heteroatoms. The SMILES string of the molecule is CC(C)CCOc1cccc([C@H]2C(=C(O)c3ccc4c(c3)OCCO4)C(=O)C(=O)N2c2nnc(SCc3ccc(F)cc3)s2)c1. The number of rotatable bonds is 10. The van der Waals surface area contributed by atoms with E-state index in [1.54, 1.807) is 48.5 Å². The van der Waals surface area contributed by atoms with Gasteiger partial charge in [0.15, 0.2) is 15.8 Å². The zero-order valence-corrected chi connectivity index (χ0v) is 26.2. The third-order valence-corrected chi connectivity index (χ3v) is 9.40. The first-order valence-electron chi connectivity index (χ1n) is 14.4. The van der Waals surface area contributed by atoms with Crippen LogP contribution in [0.15, 0.2) is 76.6 Å². The van der Waals surface area contributed by atoms with E-state index in [9.17, 15) is 19.1 Å². The number of amides is 1. The largest absolute Gasteiger partial charge is 0.507 e. The maximum Gasteiger partial charge on any atom is 0.301 e. The summed E-state index contributed by atoms with van der Waals surface area (Å²) in [6, 6.07) is 17.2. The molecule has 45 heavy (non-hydrogen) atoms. The minimum Gasteiger partial charge on any atom is -0.507 e. The quantitative estimate of drug-likeness (QED) is 0.0654. The van der Waals surface area contributed by atoms with Crippen molar-refractivity contribution in [2.45, 2.75) is 36.4 Å². The van der Waals surface area contributed by atoms with Crippen LogP contribution in [0.25, 0.3) is 5.76 Å². The van der Waals surface area contributed by atoms with Crippen molar-refractivity contribution in [3.05, 3.63) is 94.8 Å². The molecule has 3 aromatic carbocycles. The molecular formula is C33H30FN3O6S2. The number of carbonyl (C=O) groups is 2. The molecule has 9 nitrogen and oxygen atoms in total. The number of ketones is 1. The molecule has 1 aromatic heterocycles. The Kier molecular flexibility index (Phi) is 9.04. The number of ether oxygens (including phenoxy) is 3. The fourth-order valence-electron chi connectivity index (χ4n) is 4.96. The zero-order valence-electron chi connectivity index (χ0n) is 24.6. The number of carbonyl (C=O) groups excluding carboxylic acids is 2. The van der Waals surface area contributed by atoms with E-state index < -0.39 is 17.7 Å². The molecule has 1 amide bonds. The Bertz CT molecular complexity index is 1760. The Morgan fingerprint density at radius 2 is 1.84 bits per heavy atom. The summed E-state index contributed by atoms with van der Waals surface area (Å²) in [5, 5.41) is 20.3. The van der Waals surface area contributed by atoms with E-state index in [-0.39, 0.29) is 22.3 Å². The summed E-state index contributed by atoms with van der Waals surface area (Å²) in [5.74, 6) is 0.152. The van der Waals surface area contributed by atoms with Gasteiger partial charge < -0.3 is 19.3 Å². The lowest BCUT2D eigenvalue weighted by Gasteiger charge is -2.23. The van der Waals surface area contributed by atoms with Crippen LogP contribution in [0.1, 0.15) is 43.0 Å². The van der Waals surface area contributed by atoms with Gasteiger partial charge in [-0.25, -0.2) is 4.39 Å². The van der Waals surface area contributed by atoms with Crippen molar-refractivity contribution in [2.75, 3.05) is 24.7 Å². The van der Waals surface area contributed by atoms with Crippen LogP contribution in [-0.4, -0.2) is 46.8 Å². The minimum atomic E-state index is -1.00. The fraction of sp³-hybridized carbons (Fsp3) is 0.273. The Morgan fingerprint density at radius 1 is 1.07 bits per heavy atom. The summed E-state index contributed by atoms with van der Waals surface area (Å²) in [5.41, 5.74) is 1.67. The van der Waals surface area contributed by atoms with Crippen LogP contribution in [0.2, 0.25) is 0 Å². The van der Waals surface area contributed by atoms with E-state index in [0.717, 1.165) is 23.3 Å². The van der Waals surface area contributed by atoms with Crippen molar-refractivity contribution in [3.8, 4) is 17.2 Å². The number of thioether (sulfide) groups is 1. The number of Topliss-reactive ketones (excluding diaryl/α,β-unsaturated/α-hetero) is 1. The third kappa shape index (κ3) is 6.66. The standard InChI is InChI=1S/C33H30FN3O6S2/c1-19(2)12-13-41-24-5-3-4-21(16-24)28-27(29(38)22-8-11-25-26(17-22)43-15-14-42-25)30(39)31(40)37(28)32-35-36-33(45-32)44-18-20-6-9-23(34)10-7-20/h3-11,16-17,19,28,38H,12-15,18H2,1-2H3/t28-/m0/s1. The first kappa shape index (κ1) is 30.6. The normalized spacial score (nSPS) is 17.2. The second-order valence-electron chi connectivity index (χ2n) is 10.9. The Morgan fingerprint density at radius 3 is 2.62 bits per heavy atom. The minimum absolute atomic E-state index is 0.0910. The van der Waals surface area contributed by atoms with Crippen LogP contribution in [0.3, 0.4) is 0 Å². The van der Waals surface area contributed by atoms with Gasteiger partial charge in [0, 0.05) is 11.3 Å². The van der Waals surface area contributed by atoms with Crippen LogP contribution in [0, 0.1) is 11.7 Å². The first-order chi connectivity index (χ1) is 21.8. The van der Waals surface area contributed by atoms with E-state index >= 15 is 0 Å². The molecule has 0 bridgehead atoms. The predicted molar refractivity (Wildman–Crippen MR) is 169 cm³/mol. The molecule has 0 unspecified atom stereocenters. The van der Waals surface area contributed by atoms with Crippen LogP contribution in [-0.2, 0) is 15.3 Å². The summed E-state index contributed by atoms with van der Waals surface area (Å²) in [6.07, 6.45) is 0.857. The van der Waals surface area contributed by atoms with Gasteiger partial charge in [-0.05, 0) is 65.9 Å². The first-order valence-corrected chi connectivity index (χ1v) is 16.2. The highest BCUT2D eigenvalue weighted by Crippen LogP contribution is 2.45. The zero-order chi connectivity index (χ0) is 31.5. The van der Waals surface area contributed by atoms with Crippen LogP contribution >= 0.6 is 23.1 Å². The highest BCUT2D eigenvalue weighted by Gasteiger charge is 2.48. The molecule has 232 valence electrons. The monoisotopic (exact) mass is 647 g/mol. The van der Waals surface area contributed by atoms with E-state index in [1.807, 2.05) is 6.07 Å². The average Bonchev–Trinajstić information content (AvgIpc) is 3.61. The number of hydrogen-bond donors (Lipinski definition) is 1. The number of nitrogens with zero attached hydrogens (tertiary/aromatic N) is 3. The van der Waals surface area contributed by atoms with Gasteiger partial charge in [-0.15, -0.1) is 10.2 Å². The number of halogens is 1. The topological polar surface area (TPSA) is 111 Å². The molecule has 1 atom stereocenters. The lowest BCUT2D eigenvalue weighted by molar-refractivity contribution is -0.132. The molecule has 0 radical (unpaired) electrons.